The molecule has 0 saturated heterocycles. The van der Waals surface area contributed by atoms with Gasteiger partial charge in [-0.3, -0.25) is 4.68 Å². The maximum atomic E-state index is 5.10. The van der Waals surface area contributed by atoms with E-state index in [1.54, 1.807) is 18.7 Å². The zero-order valence-corrected chi connectivity index (χ0v) is 13.2. The van der Waals surface area contributed by atoms with E-state index in [-0.39, 0.29) is 0 Å². The van der Waals surface area contributed by atoms with Crippen LogP contribution < -0.4 is 4.90 Å². The first-order valence-corrected chi connectivity index (χ1v) is 7.12. The Morgan fingerprint density at radius 2 is 2.09 bits per heavy atom. The highest BCUT2D eigenvalue weighted by atomic mass is 16.3. The first-order valence-electron chi connectivity index (χ1n) is 7.12. The van der Waals surface area contributed by atoms with E-state index in [1.807, 2.05) is 49.7 Å². The van der Waals surface area contributed by atoms with Crippen molar-refractivity contribution in [2.75, 3.05) is 11.9 Å². The highest BCUT2D eigenvalue weighted by Crippen LogP contribution is 2.25. The van der Waals surface area contributed by atoms with Crippen LogP contribution in [-0.4, -0.2) is 26.8 Å². The molecular formula is C16H19N5O. The number of aryl methyl sites for hydroxylation is 2. The molecule has 3 heterocycles. The monoisotopic (exact) mass is 297 g/mol. The zero-order valence-electron chi connectivity index (χ0n) is 13.2. The van der Waals surface area contributed by atoms with Gasteiger partial charge in [0.05, 0.1) is 23.9 Å². The fourth-order valence-electron chi connectivity index (χ4n) is 2.54. The lowest BCUT2D eigenvalue weighted by atomic mass is 10.1. The van der Waals surface area contributed by atoms with Crippen LogP contribution in [0, 0.1) is 13.8 Å². The molecule has 6 nitrogen and oxygen atoms in total. The van der Waals surface area contributed by atoms with Crippen LogP contribution in [0.3, 0.4) is 0 Å². The van der Waals surface area contributed by atoms with Crippen LogP contribution in [0.1, 0.15) is 17.0 Å². The topological polar surface area (TPSA) is 60.0 Å². The van der Waals surface area contributed by atoms with E-state index in [1.165, 1.54) is 0 Å². The van der Waals surface area contributed by atoms with Gasteiger partial charge in [-0.15, -0.1) is 0 Å². The van der Waals surface area contributed by atoms with E-state index in [9.17, 15) is 0 Å². The Kier molecular flexibility index (Phi) is 3.66. The summed E-state index contributed by atoms with van der Waals surface area (Å²) in [5.41, 5.74) is 5.13. The van der Waals surface area contributed by atoms with Gasteiger partial charge in [0.25, 0.3) is 0 Å². The van der Waals surface area contributed by atoms with Crippen molar-refractivity contribution in [3.05, 3.63) is 47.8 Å². The summed E-state index contributed by atoms with van der Waals surface area (Å²) in [4.78, 5) is 11.1. The maximum Gasteiger partial charge on any atom is 0.225 e. The second kappa shape index (κ2) is 5.63. The molecule has 0 aliphatic rings. The SMILES string of the molecule is Cc1nn(C)c(C)c1-c1ccnc(N(C)Cc2ccoc2)n1. The minimum atomic E-state index is 0.682. The summed E-state index contributed by atoms with van der Waals surface area (Å²) in [6.45, 7) is 4.75. The molecule has 0 amide bonds. The molecule has 3 aromatic heterocycles. The van der Waals surface area contributed by atoms with Gasteiger partial charge in [0.1, 0.15) is 0 Å². The normalized spacial score (nSPS) is 10.9. The smallest absolute Gasteiger partial charge is 0.225 e. The number of rotatable bonds is 4. The summed E-state index contributed by atoms with van der Waals surface area (Å²) in [5.74, 6) is 0.682. The fraction of sp³-hybridized carbons (Fsp3) is 0.312. The molecular weight excluding hydrogens is 278 g/mol. The molecule has 0 bridgehead atoms. The predicted octanol–water partition coefficient (Wildman–Crippen LogP) is 2.72. The van der Waals surface area contributed by atoms with E-state index >= 15 is 0 Å². The molecule has 3 rings (SSSR count). The van der Waals surface area contributed by atoms with Gasteiger partial charge in [-0.05, 0) is 26.0 Å². The zero-order chi connectivity index (χ0) is 15.7. The number of nitrogens with zero attached hydrogens (tertiary/aromatic N) is 5. The van der Waals surface area contributed by atoms with Gasteiger partial charge >= 0.3 is 0 Å². The van der Waals surface area contributed by atoms with Crippen molar-refractivity contribution < 1.29 is 4.42 Å². The lowest BCUT2D eigenvalue weighted by Crippen LogP contribution is -2.18. The Balaban J connectivity index is 1.92. The maximum absolute atomic E-state index is 5.10. The van der Waals surface area contributed by atoms with E-state index < -0.39 is 0 Å². The van der Waals surface area contributed by atoms with Crippen LogP contribution in [-0.2, 0) is 13.6 Å². The largest absolute Gasteiger partial charge is 0.472 e. The van der Waals surface area contributed by atoms with Crippen LogP contribution in [0.2, 0.25) is 0 Å². The van der Waals surface area contributed by atoms with Crippen LogP contribution in [0.5, 0.6) is 0 Å². The van der Waals surface area contributed by atoms with Gasteiger partial charge in [0.2, 0.25) is 5.95 Å². The highest BCUT2D eigenvalue weighted by Gasteiger charge is 2.15. The summed E-state index contributed by atoms with van der Waals surface area (Å²) in [7, 11) is 3.91. The van der Waals surface area contributed by atoms with Gasteiger partial charge in [-0.1, -0.05) is 0 Å². The molecule has 0 radical (unpaired) electrons. The molecule has 6 heteroatoms. The minimum Gasteiger partial charge on any atom is -0.472 e. The summed E-state index contributed by atoms with van der Waals surface area (Å²) in [5, 5.41) is 4.45. The van der Waals surface area contributed by atoms with Crippen LogP contribution in [0.4, 0.5) is 5.95 Å². The molecule has 114 valence electrons. The Morgan fingerprint density at radius 3 is 2.73 bits per heavy atom. The molecule has 3 aromatic rings. The molecule has 0 unspecified atom stereocenters. The van der Waals surface area contributed by atoms with Crippen molar-refractivity contribution >= 4 is 5.95 Å². The average molecular weight is 297 g/mol. The van der Waals surface area contributed by atoms with E-state index in [4.69, 9.17) is 4.42 Å². The Labute approximate surface area is 129 Å². The fourth-order valence-corrected chi connectivity index (χ4v) is 2.54. The first kappa shape index (κ1) is 14.3. The molecule has 0 N–H and O–H groups in total. The molecule has 0 aromatic carbocycles. The van der Waals surface area contributed by atoms with E-state index in [0.717, 1.165) is 28.2 Å². The standard InChI is InChI=1S/C16H19N5O/c1-11-15(12(2)21(4)19-11)14-5-7-17-16(18-14)20(3)9-13-6-8-22-10-13/h5-8,10H,9H2,1-4H3. The summed E-state index contributed by atoms with van der Waals surface area (Å²) in [6.07, 6.45) is 5.19. The predicted molar refractivity (Wildman–Crippen MR) is 84.5 cm³/mol. The number of anilines is 1. The van der Waals surface area contributed by atoms with E-state index in [2.05, 4.69) is 15.1 Å². The third-order valence-electron chi connectivity index (χ3n) is 3.75. The van der Waals surface area contributed by atoms with Crippen molar-refractivity contribution in [3.8, 4) is 11.3 Å². The van der Waals surface area contributed by atoms with Crippen molar-refractivity contribution in [1.29, 1.82) is 0 Å². The van der Waals surface area contributed by atoms with Gasteiger partial charge < -0.3 is 9.32 Å². The third kappa shape index (κ3) is 2.59. The average Bonchev–Trinajstić information content (AvgIpc) is 3.08. The Hall–Kier alpha value is -2.63. The van der Waals surface area contributed by atoms with Crippen molar-refractivity contribution in [2.24, 2.45) is 7.05 Å². The van der Waals surface area contributed by atoms with Gasteiger partial charge in [0.15, 0.2) is 0 Å². The van der Waals surface area contributed by atoms with Gasteiger partial charge in [-0.2, -0.15) is 5.10 Å². The molecule has 0 fully saturated rings. The van der Waals surface area contributed by atoms with Crippen molar-refractivity contribution in [1.82, 2.24) is 19.7 Å². The van der Waals surface area contributed by atoms with Crippen LogP contribution in [0.25, 0.3) is 11.3 Å². The van der Waals surface area contributed by atoms with Crippen molar-refractivity contribution in [3.63, 3.8) is 0 Å². The number of hydrogen-bond donors (Lipinski definition) is 0. The van der Waals surface area contributed by atoms with Crippen LogP contribution >= 0.6 is 0 Å². The Morgan fingerprint density at radius 1 is 1.27 bits per heavy atom. The summed E-state index contributed by atoms with van der Waals surface area (Å²) < 4.78 is 6.98. The molecule has 0 spiro atoms. The Bertz CT molecular complexity index is 776. The van der Waals surface area contributed by atoms with Crippen LogP contribution in [0.15, 0.2) is 35.3 Å². The highest BCUT2D eigenvalue weighted by molar-refractivity contribution is 5.65. The van der Waals surface area contributed by atoms with Gasteiger partial charge in [-0.25, -0.2) is 9.97 Å². The second-order valence-electron chi connectivity index (χ2n) is 5.40. The summed E-state index contributed by atoms with van der Waals surface area (Å²) in [6, 6.07) is 3.86. The second-order valence-corrected chi connectivity index (χ2v) is 5.40. The lowest BCUT2D eigenvalue weighted by Gasteiger charge is -2.16. The van der Waals surface area contributed by atoms with E-state index in [0.29, 0.717) is 12.5 Å². The number of aromatic nitrogens is 4. The van der Waals surface area contributed by atoms with Gasteiger partial charge in [0, 0.05) is 43.7 Å². The minimum absolute atomic E-state index is 0.682. The third-order valence-corrected chi connectivity index (χ3v) is 3.75. The molecule has 0 aliphatic heterocycles. The summed E-state index contributed by atoms with van der Waals surface area (Å²) >= 11 is 0. The molecule has 22 heavy (non-hydrogen) atoms. The molecule has 0 atom stereocenters. The lowest BCUT2D eigenvalue weighted by molar-refractivity contribution is 0.563. The van der Waals surface area contributed by atoms with Crippen molar-refractivity contribution in [2.45, 2.75) is 20.4 Å². The first-order chi connectivity index (χ1) is 10.6. The number of hydrogen-bond acceptors (Lipinski definition) is 5. The number of furan rings is 1. The quantitative estimate of drug-likeness (QED) is 0.741. The molecule has 0 saturated carbocycles. The molecule has 0 aliphatic carbocycles.